The molecule has 3 heterocycles. The van der Waals surface area contributed by atoms with Crippen LogP contribution in [0.5, 0.6) is 0 Å². The molecular weight excluding hydrogens is 594 g/mol. The quantitative estimate of drug-likeness (QED) is 0.384. The number of likely N-dealkylation sites (tertiary alicyclic amines) is 1. The average molecular weight is 613 g/mol. The number of alkyl halides is 6. The van der Waals surface area contributed by atoms with Crippen LogP contribution >= 0.6 is 15.9 Å². The van der Waals surface area contributed by atoms with E-state index in [0.717, 1.165) is 42.0 Å². The first-order valence-corrected chi connectivity index (χ1v) is 11.3. The Kier molecular flexibility index (Phi) is 10.8. The van der Waals surface area contributed by atoms with Crippen LogP contribution in [0.25, 0.3) is 11.4 Å². The van der Waals surface area contributed by atoms with Crippen molar-refractivity contribution in [3.8, 4) is 11.4 Å². The molecule has 0 bridgehead atoms. The van der Waals surface area contributed by atoms with Gasteiger partial charge in [-0.3, -0.25) is 9.88 Å². The van der Waals surface area contributed by atoms with E-state index in [4.69, 9.17) is 24.3 Å². The van der Waals surface area contributed by atoms with Crippen LogP contribution in [0.1, 0.15) is 23.8 Å². The Labute approximate surface area is 219 Å². The van der Waals surface area contributed by atoms with E-state index < -0.39 is 24.3 Å². The first kappa shape index (κ1) is 30.7. The molecule has 9 nitrogen and oxygen atoms in total. The normalized spacial score (nSPS) is 15.6. The van der Waals surface area contributed by atoms with Crippen LogP contribution < -0.4 is 0 Å². The molecule has 2 N–H and O–H groups in total. The van der Waals surface area contributed by atoms with Crippen LogP contribution in [0.4, 0.5) is 26.3 Å². The summed E-state index contributed by atoms with van der Waals surface area (Å²) in [6.45, 7) is 2.96. The van der Waals surface area contributed by atoms with Gasteiger partial charge in [0.15, 0.2) is 0 Å². The van der Waals surface area contributed by atoms with E-state index in [1.54, 1.807) is 12.4 Å². The zero-order chi connectivity index (χ0) is 28.5. The Morgan fingerprint density at radius 2 is 1.50 bits per heavy atom. The van der Waals surface area contributed by atoms with Gasteiger partial charge in [0.2, 0.25) is 11.7 Å². The van der Waals surface area contributed by atoms with Crippen molar-refractivity contribution in [2.45, 2.75) is 31.2 Å². The summed E-state index contributed by atoms with van der Waals surface area (Å²) in [5.41, 5.74) is 2.26. The summed E-state index contributed by atoms with van der Waals surface area (Å²) < 4.78 is 70.1. The highest BCUT2D eigenvalue weighted by atomic mass is 79.9. The molecule has 1 aliphatic rings. The van der Waals surface area contributed by atoms with Gasteiger partial charge >= 0.3 is 24.3 Å². The van der Waals surface area contributed by atoms with Crippen LogP contribution in [0.3, 0.4) is 0 Å². The van der Waals surface area contributed by atoms with Gasteiger partial charge in [-0.05, 0) is 42.8 Å². The topological polar surface area (TPSA) is 130 Å². The van der Waals surface area contributed by atoms with Gasteiger partial charge in [-0.1, -0.05) is 33.2 Å². The number of nitrogens with zero attached hydrogens (tertiary/aromatic N) is 4. The van der Waals surface area contributed by atoms with E-state index in [1.165, 1.54) is 5.56 Å². The van der Waals surface area contributed by atoms with Crippen LogP contribution in [0, 0.1) is 0 Å². The standard InChI is InChI=1S/C18H17BrN4O.2C2HF3O2/c19-16-3-1-13(2-4-16)11-23-10-7-15(12-23)18-21-17(22-24-18)14-5-8-20-9-6-14;2*3-2(4,5)1(6)7/h1-6,8-9,15H,7,10-12H2;2*(H,6,7). The summed E-state index contributed by atoms with van der Waals surface area (Å²) in [6, 6.07) is 12.3. The van der Waals surface area contributed by atoms with Crippen molar-refractivity contribution in [3.63, 3.8) is 0 Å². The molecule has 0 saturated carbocycles. The largest absolute Gasteiger partial charge is 0.490 e. The Hall–Kier alpha value is -3.53. The molecule has 0 radical (unpaired) electrons. The number of halogens is 7. The summed E-state index contributed by atoms with van der Waals surface area (Å²) in [6.07, 6.45) is -5.64. The summed E-state index contributed by atoms with van der Waals surface area (Å²) in [4.78, 5) is 28.8. The second kappa shape index (κ2) is 13.3. The van der Waals surface area contributed by atoms with Crippen LogP contribution in [-0.4, -0.2) is 67.6 Å². The fourth-order valence-corrected chi connectivity index (χ4v) is 3.31. The number of aliphatic carboxylic acids is 2. The predicted octanol–water partition coefficient (Wildman–Crippen LogP) is 5.15. The van der Waals surface area contributed by atoms with Gasteiger partial charge in [0.1, 0.15) is 0 Å². The molecule has 4 rings (SSSR count). The highest BCUT2D eigenvalue weighted by Crippen LogP contribution is 2.28. The van der Waals surface area contributed by atoms with E-state index in [1.807, 2.05) is 12.1 Å². The third-order valence-corrected chi connectivity index (χ3v) is 5.33. The van der Waals surface area contributed by atoms with Gasteiger partial charge in [0, 0.05) is 35.5 Å². The fraction of sp³-hybridized carbons (Fsp3) is 0.318. The lowest BCUT2D eigenvalue weighted by atomic mass is 10.1. The van der Waals surface area contributed by atoms with Crippen LogP contribution in [0.2, 0.25) is 0 Å². The van der Waals surface area contributed by atoms with Gasteiger partial charge < -0.3 is 14.7 Å². The molecule has 1 saturated heterocycles. The summed E-state index contributed by atoms with van der Waals surface area (Å²) in [5, 5.41) is 18.4. The van der Waals surface area contributed by atoms with E-state index in [2.05, 4.69) is 60.2 Å². The smallest absolute Gasteiger partial charge is 0.475 e. The zero-order valence-electron chi connectivity index (χ0n) is 19.1. The van der Waals surface area contributed by atoms with Crippen LogP contribution in [-0.2, 0) is 16.1 Å². The number of carboxylic acid groups (broad SMARTS) is 2. The van der Waals surface area contributed by atoms with Crippen molar-refractivity contribution in [3.05, 3.63) is 64.7 Å². The minimum Gasteiger partial charge on any atom is -0.475 e. The third kappa shape index (κ3) is 10.1. The van der Waals surface area contributed by atoms with Gasteiger partial charge in [0.05, 0.1) is 5.92 Å². The zero-order valence-corrected chi connectivity index (χ0v) is 20.7. The molecule has 1 fully saturated rings. The summed E-state index contributed by atoms with van der Waals surface area (Å²) >= 11 is 3.47. The number of aromatic nitrogens is 3. The minimum atomic E-state index is -5.08. The number of carbonyl (C=O) groups is 2. The maximum Gasteiger partial charge on any atom is 0.490 e. The van der Waals surface area contributed by atoms with Crippen molar-refractivity contribution in [2.75, 3.05) is 13.1 Å². The molecule has 0 aliphatic carbocycles. The maximum atomic E-state index is 10.6. The van der Waals surface area contributed by atoms with Gasteiger partial charge in [0.25, 0.3) is 0 Å². The molecule has 1 atom stereocenters. The van der Waals surface area contributed by atoms with Crippen LogP contribution in [0.15, 0.2) is 57.8 Å². The fourth-order valence-electron chi connectivity index (χ4n) is 3.05. The van der Waals surface area contributed by atoms with Crippen molar-refractivity contribution in [1.82, 2.24) is 20.0 Å². The lowest BCUT2D eigenvalue weighted by Crippen LogP contribution is -2.21. The van der Waals surface area contributed by atoms with Gasteiger partial charge in [-0.25, -0.2) is 9.59 Å². The molecule has 1 aliphatic heterocycles. The molecular formula is C22H19BrF6N4O5. The number of rotatable bonds is 4. The van der Waals surface area contributed by atoms with Crippen molar-refractivity contribution < 1.29 is 50.7 Å². The second-order valence-electron chi connectivity index (χ2n) is 7.65. The minimum absolute atomic E-state index is 0.309. The molecule has 2 aromatic heterocycles. The second-order valence-corrected chi connectivity index (χ2v) is 8.56. The van der Waals surface area contributed by atoms with Crippen molar-refractivity contribution in [1.29, 1.82) is 0 Å². The Morgan fingerprint density at radius 3 is 2.00 bits per heavy atom. The number of hydrogen-bond acceptors (Lipinski definition) is 7. The molecule has 0 amide bonds. The van der Waals surface area contributed by atoms with Crippen molar-refractivity contribution in [2.24, 2.45) is 0 Å². The number of pyridine rings is 1. The van der Waals surface area contributed by atoms with Gasteiger partial charge in [-0.15, -0.1) is 0 Å². The Bertz CT molecular complexity index is 1170. The average Bonchev–Trinajstić information content (AvgIpc) is 3.51. The molecule has 3 aromatic rings. The summed E-state index contributed by atoms with van der Waals surface area (Å²) in [7, 11) is 0. The highest BCUT2D eigenvalue weighted by Gasteiger charge is 2.38. The number of benzene rings is 1. The van der Waals surface area contributed by atoms with E-state index in [0.29, 0.717) is 11.7 Å². The predicted molar refractivity (Wildman–Crippen MR) is 122 cm³/mol. The van der Waals surface area contributed by atoms with E-state index in [9.17, 15) is 26.3 Å². The van der Waals surface area contributed by atoms with Crippen molar-refractivity contribution >= 4 is 27.9 Å². The third-order valence-electron chi connectivity index (χ3n) is 4.81. The lowest BCUT2D eigenvalue weighted by molar-refractivity contribution is -0.193. The molecule has 16 heteroatoms. The van der Waals surface area contributed by atoms with E-state index >= 15 is 0 Å². The van der Waals surface area contributed by atoms with E-state index in [-0.39, 0.29) is 0 Å². The highest BCUT2D eigenvalue weighted by molar-refractivity contribution is 9.10. The first-order chi connectivity index (χ1) is 17.7. The number of hydrogen-bond donors (Lipinski definition) is 2. The lowest BCUT2D eigenvalue weighted by Gasteiger charge is -2.15. The molecule has 1 unspecified atom stereocenters. The molecule has 1 aromatic carbocycles. The molecule has 0 spiro atoms. The van der Waals surface area contributed by atoms with Gasteiger partial charge in [-0.2, -0.15) is 31.3 Å². The molecule has 206 valence electrons. The first-order valence-electron chi connectivity index (χ1n) is 10.5. The SMILES string of the molecule is Brc1ccc(CN2CCC(c3nc(-c4ccncc4)no3)C2)cc1.O=C(O)C(F)(F)F.O=C(O)C(F)(F)F. The molecule has 38 heavy (non-hydrogen) atoms. The Balaban J connectivity index is 0.000000301. The summed E-state index contributed by atoms with van der Waals surface area (Å²) in [5.74, 6) is -3.83. The maximum absolute atomic E-state index is 10.6. The monoisotopic (exact) mass is 612 g/mol. The Morgan fingerprint density at radius 1 is 0.974 bits per heavy atom. The number of carboxylic acids is 2.